The van der Waals surface area contributed by atoms with Crippen molar-refractivity contribution < 1.29 is 13.2 Å². The quantitative estimate of drug-likeness (QED) is 0.482. The van der Waals surface area contributed by atoms with Crippen molar-refractivity contribution >= 4 is 22.1 Å². The van der Waals surface area contributed by atoms with Gasteiger partial charge in [-0.1, -0.05) is 48.5 Å². The van der Waals surface area contributed by atoms with Crippen LogP contribution >= 0.6 is 0 Å². The van der Waals surface area contributed by atoms with Gasteiger partial charge in [0.1, 0.15) is 0 Å². The molecule has 3 atom stereocenters. The lowest BCUT2D eigenvalue weighted by atomic mass is 9.66. The number of sulfonamides is 1. The van der Waals surface area contributed by atoms with Gasteiger partial charge in [0.25, 0.3) is 0 Å². The Bertz CT molecular complexity index is 1470. The fourth-order valence-electron chi connectivity index (χ4n) is 7.45. The molecule has 222 valence electrons. The number of aliphatic imine (C=N–C) groups is 1. The number of carbonyl (C=O) groups excluding carboxylic acids is 1. The van der Waals surface area contributed by atoms with Crippen LogP contribution in [-0.2, 0) is 14.8 Å². The van der Waals surface area contributed by atoms with Crippen molar-refractivity contribution in [1.82, 2.24) is 19.8 Å². The molecule has 4 aliphatic rings. The number of carbonyl (C=O) groups is 1. The van der Waals surface area contributed by atoms with Crippen LogP contribution in [0.25, 0.3) is 0 Å². The highest BCUT2D eigenvalue weighted by Crippen LogP contribution is 2.44. The van der Waals surface area contributed by atoms with Crippen LogP contribution in [0.4, 0.5) is 0 Å². The van der Waals surface area contributed by atoms with Gasteiger partial charge in [-0.15, -0.1) is 0 Å². The van der Waals surface area contributed by atoms with Gasteiger partial charge in [0.2, 0.25) is 15.9 Å². The van der Waals surface area contributed by atoms with E-state index in [4.69, 9.17) is 0 Å². The van der Waals surface area contributed by atoms with E-state index in [9.17, 15) is 13.2 Å². The molecular formula is C33H41N5O3S. The van der Waals surface area contributed by atoms with Gasteiger partial charge < -0.3 is 15.5 Å². The molecule has 3 unspecified atom stereocenters. The summed E-state index contributed by atoms with van der Waals surface area (Å²) in [6.45, 7) is 6.53. The number of benzene rings is 2. The maximum Gasteiger partial charge on any atom is 0.243 e. The molecule has 2 N–H and O–H groups in total. The lowest BCUT2D eigenvalue weighted by Gasteiger charge is -2.49. The summed E-state index contributed by atoms with van der Waals surface area (Å²) in [5, 5.41) is 7.09. The summed E-state index contributed by atoms with van der Waals surface area (Å²) >= 11 is 0. The first-order chi connectivity index (χ1) is 20.3. The first-order valence-corrected chi connectivity index (χ1v) is 16.6. The lowest BCUT2D eigenvalue weighted by molar-refractivity contribution is -0.144. The topological polar surface area (TPSA) is 94.1 Å². The third-order valence-electron chi connectivity index (χ3n) is 10.0. The second-order valence-corrected chi connectivity index (χ2v) is 14.1. The van der Waals surface area contributed by atoms with E-state index in [2.05, 4.69) is 53.7 Å². The van der Waals surface area contributed by atoms with Gasteiger partial charge in [0.05, 0.1) is 16.9 Å². The van der Waals surface area contributed by atoms with Crippen LogP contribution in [0.15, 0.2) is 94.1 Å². The van der Waals surface area contributed by atoms with Crippen LogP contribution in [-0.4, -0.2) is 68.1 Å². The first kappa shape index (κ1) is 29.0. The van der Waals surface area contributed by atoms with Crippen molar-refractivity contribution in [3.63, 3.8) is 0 Å². The van der Waals surface area contributed by atoms with E-state index in [-0.39, 0.29) is 23.9 Å². The molecule has 0 aliphatic carbocycles. The molecule has 0 saturated carbocycles. The van der Waals surface area contributed by atoms with E-state index in [1.54, 1.807) is 28.6 Å². The molecule has 2 aromatic rings. The van der Waals surface area contributed by atoms with Crippen LogP contribution in [0, 0.1) is 11.3 Å². The van der Waals surface area contributed by atoms with Crippen molar-refractivity contribution in [2.75, 3.05) is 26.3 Å². The zero-order valence-electron chi connectivity index (χ0n) is 24.4. The number of hydrogen-bond donors (Lipinski definition) is 2. The van der Waals surface area contributed by atoms with Gasteiger partial charge in [0.15, 0.2) is 0 Å². The standard InChI is InChI=1S/C33H41N5O3S/c1-24-33(25(2)36-23-35-24,32(39)37-21-28-19-34-20-29(28)22-37)16-13-31(26-9-5-3-6-10-26)27-14-17-38(18-15-27)42(40,41)30-11-7-4-8-12-30/h3-12,19-21,24-25,27,31,35-36H,13-18,22-23H2,1-2H3. The number of rotatable bonds is 8. The molecule has 0 aromatic heterocycles. The predicted octanol–water partition coefficient (Wildman–Crippen LogP) is 4.26. The zero-order valence-corrected chi connectivity index (χ0v) is 25.3. The Hall–Kier alpha value is -3.11. The number of hydrogen-bond acceptors (Lipinski definition) is 6. The number of amides is 1. The van der Waals surface area contributed by atoms with Gasteiger partial charge in [-0.3, -0.25) is 9.79 Å². The van der Waals surface area contributed by atoms with Crippen molar-refractivity contribution in [2.45, 2.75) is 62.4 Å². The van der Waals surface area contributed by atoms with Crippen molar-refractivity contribution in [3.8, 4) is 0 Å². The number of nitrogens with one attached hydrogen (secondary N) is 2. The summed E-state index contributed by atoms with van der Waals surface area (Å²) in [7, 11) is -3.51. The fourth-order valence-corrected chi connectivity index (χ4v) is 8.94. The van der Waals surface area contributed by atoms with E-state index in [0.29, 0.717) is 37.1 Å². The van der Waals surface area contributed by atoms with E-state index in [1.165, 1.54) is 5.56 Å². The maximum absolute atomic E-state index is 14.4. The summed E-state index contributed by atoms with van der Waals surface area (Å²) < 4.78 is 28.3. The molecule has 42 heavy (non-hydrogen) atoms. The Morgan fingerprint density at radius 3 is 2.29 bits per heavy atom. The Labute approximate surface area is 249 Å². The van der Waals surface area contributed by atoms with Gasteiger partial charge in [0, 0.05) is 61.6 Å². The normalized spacial score (nSPS) is 27.4. The highest BCUT2D eigenvalue weighted by molar-refractivity contribution is 7.89. The molecule has 0 bridgehead atoms. The summed E-state index contributed by atoms with van der Waals surface area (Å²) in [5.74, 6) is 0.699. The Morgan fingerprint density at radius 2 is 1.64 bits per heavy atom. The molecular weight excluding hydrogens is 546 g/mol. The van der Waals surface area contributed by atoms with E-state index >= 15 is 0 Å². The van der Waals surface area contributed by atoms with Gasteiger partial charge in [-0.2, -0.15) is 4.31 Å². The van der Waals surface area contributed by atoms with Gasteiger partial charge in [-0.25, -0.2) is 8.42 Å². The minimum Gasteiger partial charge on any atom is -0.313 e. The molecule has 8 nitrogen and oxygen atoms in total. The number of fused-ring (bicyclic) bond motifs is 1. The number of piperidine rings is 1. The molecule has 1 amide bonds. The Balaban J connectivity index is 1.23. The molecule has 0 spiro atoms. The molecule has 2 saturated heterocycles. The van der Waals surface area contributed by atoms with Crippen molar-refractivity contribution in [3.05, 3.63) is 89.8 Å². The van der Waals surface area contributed by atoms with E-state index < -0.39 is 15.4 Å². The van der Waals surface area contributed by atoms with Gasteiger partial charge in [-0.05, 0) is 69.1 Å². The molecule has 4 heterocycles. The highest BCUT2D eigenvalue weighted by atomic mass is 32.2. The fraction of sp³-hybridized carbons (Fsp3) is 0.455. The molecule has 2 fully saturated rings. The van der Waals surface area contributed by atoms with E-state index in [0.717, 1.165) is 36.8 Å². The summed E-state index contributed by atoms with van der Waals surface area (Å²) in [5.41, 5.74) is 2.75. The van der Waals surface area contributed by atoms with Crippen LogP contribution in [0.1, 0.15) is 51.0 Å². The molecule has 9 heteroatoms. The lowest BCUT2D eigenvalue weighted by Crippen LogP contribution is -2.67. The summed E-state index contributed by atoms with van der Waals surface area (Å²) in [4.78, 5) is 20.9. The second kappa shape index (κ2) is 11.9. The Morgan fingerprint density at radius 1 is 1.00 bits per heavy atom. The number of nitrogens with zero attached hydrogens (tertiary/aromatic N) is 3. The molecule has 2 aromatic carbocycles. The third-order valence-corrected chi connectivity index (χ3v) is 11.9. The van der Waals surface area contributed by atoms with E-state index in [1.807, 2.05) is 35.6 Å². The first-order valence-electron chi connectivity index (χ1n) is 15.1. The SMILES string of the molecule is CC1NCNC(C)C1(CCC(c1ccccc1)C1CCN(S(=O)(=O)c2ccccc2)CC1)C(=O)N1C=C2C=NC=C2C1. The monoisotopic (exact) mass is 587 g/mol. The van der Waals surface area contributed by atoms with Crippen LogP contribution in [0.5, 0.6) is 0 Å². The second-order valence-electron chi connectivity index (χ2n) is 12.1. The van der Waals surface area contributed by atoms with Crippen LogP contribution in [0.3, 0.4) is 0 Å². The maximum atomic E-state index is 14.4. The van der Waals surface area contributed by atoms with Crippen LogP contribution in [0.2, 0.25) is 0 Å². The Kier molecular flexibility index (Phi) is 8.20. The minimum absolute atomic E-state index is 0.00276. The van der Waals surface area contributed by atoms with Gasteiger partial charge >= 0.3 is 0 Å². The minimum atomic E-state index is -3.51. The summed E-state index contributed by atoms with van der Waals surface area (Å²) in [6, 6.07) is 19.3. The predicted molar refractivity (Wildman–Crippen MR) is 165 cm³/mol. The van der Waals surface area contributed by atoms with Crippen molar-refractivity contribution in [1.29, 1.82) is 0 Å². The molecule has 4 aliphatic heterocycles. The highest BCUT2D eigenvalue weighted by Gasteiger charge is 2.52. The molecule has 0 radical (unpaired) electrons. The van der Waals surface area contributed by atoms with Crippen molar-refractivity contribution in [2.24, 2.45) is 16.3 Å². The largest absolute Gasteiger partial charge is 0.313 e. The third kappa shape index (κ3) is 5.28. The van der Waals surface area contributed by atoms with Crippen LogP contribution < -0.4 is 10.6 Å². The molecule has 6 rings (SSSR count). The zero-order chi connectivity index (χ0) is 29.3. The summed E-state index contributed by atoms with van der Waals surface area (Å²) in [6.07, 6.45) is 8.79. The smallest absolute Gasteiger partial charge is 0.243 e. The average molecular weight is 588 g/mol. The average Bonchev–Trinajstić information content (AvgIpc) is 3.63.